The van der Waals surface area contributed by atoms with Crippen LogP contribution in [0.5, 0.6) is 0 Å². The fraction of sp³-hybridized carbons (Fsp3) is 0.902. The summed E-state index contributed by atoms with van der Waals surface area (Å²) in [7, 11) is 0. The molecule has 8 heteroatoms. The molecule has 49 heavy (non-hydrogen) atoms. The normalized spacial score (nSPS) is 16.5. The number of hydrogen-bond acceptors (Lipinski definition) is 8. The van der Waals surface area contributed by atoms with E-state index in [0.29, 0.717) is 0 Å². The number of hydrogen-bond donors (Lipinski definition) is 0. The summed E-state index contributed by atoms with van der Waals surface area (Å²) in [5, 5.41) is 0. The molecule has 0 aromatic carbocycles. The van der Waals surface area contributed by atoms with Crippen molar-refractivity contribution < 1.29 is 38.1 Å². The summed E-state index contributed by atoms with van der Waals surface area (Å²) < 4.78 is 23.3. The molecule has 0 aromatic rings. The van der Waals surface area contributed by atoms with Gasteiger partial charge in [0.15, 0.2) is 0 Å². The second-order valence-electron chi connectivity index (χ2n) is 20.4. The average Bonchev–Trinajstić information content (AvgIpc) is 2.83. The summed E-state index contributed by atoms with van der Waals surface area (Å²) >= 11 is 0. The van der Waals surface area contributed by atoms with Crippen molar-refractivity contribution in [3.05, 3.63) is 0 Å². The quantitative estimate of drug-likeness (QED) is 0.0915. The molecule has 4 atom stereocenters. The molecule has 0 saturated heterocycles. The first-order chi connectivity index (χ1) is 22.0. The predicted octanol–water partition coefficient (Wildman–Crippen LogP) is 10.00. The molecule has 0 aliphatic rings. The smallest absolute Gasteiger partial charge is 0.306 e. The molecule has 0 rings (SSSR count). The lowest BCUT2D eigenvalue weighted by molar-refractivity contribution is -0.171. The number of ether oxygens (including phenoxy) is 4. The van der Waals surface area contributed by atoms with Gasteiger partial charge in [-0.3, -0.25) is 19.2 Å². The first-order valence-electron chi connectivity index (χ1n) is 18.6. The van der Waals surface area contributed by atoms with Gasteiger partial charge in [0, 0.05) is 25.7 Å². The number of carbonyl (C=O) groups is 4. The predicted molar refractivity (Wildman–Crippen MR) is 198 cm³/mol. The lowest BCUT2D eigenvalue weighted by Crippen LogP contribution is -2.44. The van der Waals surface area contributed by atoms with Crippen LogP contribution in [0.2, 0.25) is 0 Å². The van der Waals surface area contributed by atoms with E-state index < -0.39 is 29.3 Å². The van der Waals surface area contributed by atoms with Crippen LogP contribution in [0.3, 0.4) is 0 Å². The van der Waals surface area contributed by atoms with Crippen LogP contribution in [0.15, 0.2) is 0 Å². The van der Waals surface area contributed by atoms with Gasteiger partial charge in [-0.2, -0.15) is 0 Å². The van der Waals surface area contributed by atoms with Crippen LogP contribution in [0.25, 0.3) is 0 Å². The van der Waals surface area contributed by atoms with Crippen molar-refractivity contribution in [2.24, 2.45) is 50.7 Å². The maximum Gasteiger partial charge on any atom is 0.306 e. The van der Waals surface area contributed by atoms with Crippen LogP contribution in [0.1, 0.15) is 162 Å². The van der Waals surface area contributed by atoms with Crippen LogP contribution in [0, 0.1) is 50.7 Å². The van der Waals surface area contributed by atoms with Gasteiger partial charge in [0.2, 0.25) is 0 Å². The van der Waals surface area contributed by atoms with Gasteiger partial charge in [-0.1, -0.05) is 111 Å². The Kier molecular flexibility index (Phi) is 19.2. The van der Waals surface area contributed by atoms with Gasteiger partial charge < -0.3 is 18.9 Å². The van der Waals surface area contributed by atoms with Crippen LogP contribution < -0.4 is 0 Å². The Hall–Kier alpha value is -2.12. The first kappa shape index (κ1) is 46.9. The highest BCUT2D eigenvalue weighted by Crippen LogP contribution is 2.31. The second kappa shape index (κ2) is 20.1. The zero-order valence-corrected chi connectivity index (χ0v) is 34.6. The largest absolute Gasteiger partial charge is 0.465 e. The van der Waals surface area contributed by atoms with E-state index in [9.17, 15) is 19.2 Å². The van der Waals surface area contributed by atoms with Crippen molar-refractivity contribution >= 4 is 23.9 Å². The Morgan fingerprint density at radius 3 is 0.673 bits per heavy atom. The molecular weight excluding hydrogens is 620 g/mol. The minimum absolute atomic E-state index is 0.0540. The Morgan fingerprint density at radius 1 is 0.367 bits per heavy atom. The molecule has 0 amide bonds. The van der Waals surface area contributed by atoms with Crippen LogP contribution >= 0.6 is 0 Å². The van der Waals surface area contributed by atoms with Crippen molar-refractivity contribution in [1.29, 1.82) is 0 Å². The van der Waals surface area contributed by atoms with Crippen LogP contribution in [0.4, 0.5) is 0 Å². The SMILES string of the molecule is CC(CC(=O)OCC(COC(=O)CC(C)CC(C)(C)C)(COC(=O)CC(C)CC(C)(C)C)COC(=O)CC(C)CC(C)(C)C)CC(C)(C)C. The van der Waals surface area contributed by atoms with Gasteiger partial charge in [-0.05, 0) is 71.0 Å². The molecule has 288 valence electrons. The van der Waals surface area contributed by atoms with E-state index in [1.165, 1.54) is 0 Å². The summed E-state index contributed by atoms with van der Waals surface area (Å²) in [4.78, 5) is 52.4. The van der Waals surface area contributed by atoms with Crippen LogP contribution in [-0.4, -0.2) is 50.3 Å². The third kappa shape index (κ3) is 26.4. The number of esters is 4. The molecule has 0 N–H and O–H groups in total. The van der Waals surface area contributed by atoms with Crippen molar-refractivity contribution in [3.8, 4) is 0 Å². The molecular formula is C41H76O8. The van der Waals surface area contributed by atoms with Crippen molar-refractivity contribution in [1.82, 2.24) is 0 Å². The summed E-state index contributed by atoms with van der Waals surface area (Å²) in [6.07, 6.45) is 4.21. The van der Waals surface area contributed by atoms with E-state index in [-0.39, 0.29) is 97.4 Å². The van der Waals surface area contributed by atoms with E-state index in [1.54, 1.807) is 0 Å². The Balaban J connectivity index is 6.17. The molecule has 0 radical (unpaired) electrons. The molecule has 0 saturated carbocycles. The highest BCUT2D eigenvalue weighted by Gasteiger charge is 2.39. The summed E-state index contributed by atoms with van der Waals surface area (Å²) in [5.41, 5.74) is -1.05. The molecule has 0 aliphatic carbocycles. The Labute approximate surface area is 300 Å². The molecule has 0 aliphatic heterocycles. The summed E-state index contributed by atoms with van der Waals surface area (Å²) in [6, 6.07) is 0. The molecule has 4 unspecified atom stereocenters. The fourth-order valence-electron chi connectivity index (χ4n) is 7.03. The van der Waals surface area contributed by atoms with Gasteiger partial charge in [0.25, 0.3) is 0 Å². The highest BCUT2D eigenvalue weighted by molar-refractivity contribution is 5.71. The summed E-state index contributed by atoms with van der Waals surface area (Å²) in [6.45, 7) is 32.7. The summed E-state index contributed by atoms with van der Waals surface area (Å²) in [5.74, 6) is -1.24. The average molecular weight is 697 g/mol. The minimum Gasteiger partial charge on any atom is -0.465 e. The minimum atomic E-state index is -1.27. The Bertz CT molecular complexity index is 853. The van der Waals surface area contributed by atoms with Gasteiger partial charge >= 0.3 is 23.9 Å². The van der Waals surface area contributed by atoms with E-state index in [2.05, 4.69) is 83.1 Å². The van der Waals surface area contributed by atoms with Crippen molar-refractivity contribution in [3.63, 3.8) is 0 Å². The zero-order chi connectivity index (χ0) is 38.4. The lowest BCUT2D eigenvalue weighted by atomic mass is 9.84. The van der Waals surface area contributed by atoms with E-state index >= 15 is 0 Å². The van der Waals surface area contributed by atoms with E-state index in [1.807, 2.05) is 27.7 Å². The molecule has 0 fully saturated rings. The van der Waals surface area contributed by atoms with Gasteiger partial charge in [0.05, 0.1) is 0 Å². The number of carbonyl (C=O) groups excluding carboxylic acids is 4. The maximum atomic E-state index is 13.1. The molecule has 0 heterocycles. The number of rotatable bonds is 20. The molecule has 8 nitrogen and oxygen atoms in total. The first-order valence-corrected chi connectivity index (χ1v) is 18.6. The van der Waals surface area contributed by atoms with Gasteiger partial charge in [-0.25, -0.2) is 0 Å². The lowest BCUT2D eigenvalue weighted by Gasteiger charge is -2.32. The Morgan fingerprint density at radius 2 is 0.531 bits per heavy atom. The van der Waals surface area contributed by atoms with Crippen molar-refractivity contribution in [2.45, 2.75) is 162 Å². The zero-order valence-electron chi connectivity index (χ0n) is 34.6. The van der Waals surface area contributed by atoms with Crippen molar-refractivity contribution in [2.75, 3.05) is 26.4 Å². The molecule has 0 bridgehead atoms. The second-order valence-corrected chi connectivity index (χ2v) is 20.4. The van der Waals surface area contributed by atoms with E-state index in [4.69, 9.17) is 18.9 Å². The standard InChI is InChI=1S/C41H76O8/c1-29(21-37(5,6)7)17-33(42)46-25-41(26-47-34(43)18-30(2)22-38(8,9)10,27-48-35(44)19-31(3)23-39(11,12)13)28-49-36(45)20-32(4)24-40(14,15)16/h29-32H,17-28H2,1-16H3. The third-order valence-electron chi connectivity index (χ3n) is 8.06. The van der Waals surface area contributed by atoms with E-state index in [0.717, 1.165) is 25.7 Å². The molecule has 0 spiro atoms. The monoisotopic (exact) mass is 697 g/mol. The fourth-order valence-corrected chi connectivity index (χ4v) is 7.03. The molecule has 0 aromatic heterocycles. The van der Waals surface area contributed by atoms with Gasteiger partial charge in [-0.15, -0.1) is 0 Å². The topological polar surface area (TPSA) is 105 Å². The van der Waals surface area contributed by atoms with Crippen LogP contribution in [-0.2, 0) is 38.1 Å². The highest BCUT2D eigenvalue weighted by atomic mass is 16.6. The maximum absolute atomic E-state index is 13.1. The van der Waals surface area contributed by atoms with Gasteiger partial charge in [0.1, 0.15) is 31.8 Å². The third-order valence-corrected chi connectivity index (χ3v) is 8.06.